The first-order chi connectivity index (χ1) is 11.5. The lowest BCUT2D eigenvalue weighted by Gasteiger charge is -2.29. The van der Waals surface area contributed by atoms with Crippen LogP contribution in [0.25, 0.3) is 6.20 Å². The molecule has 3 nitrogen and oxygen atoms in total. The van der Waals surface area contributed by atoms with Crippen LogP contribution in [-0.2, 0) is 12.0 Å². The van der Waals surface area contributed by atoms with Crippen LogP contribution in [0, 0.1) is 0 Å². The van der Waals surface area contributed by atoms with Crippen molar-refractivity contribution in [1.29, 1.82) is 0 Å². The van der Waals surface area contributed by atoms with Crippen molar-refractivity contribution < 1.29 is 5.11 Å². The van der Waals surface area contributed by atoms with E-state index in [1.807, 2.05) is 24.3 Å². The molecule has 1 N–H and O–H groups in total. The molecule has 0 atom stereocenters. The summed E-state index contributed by atoms with van der Waals surface area (Å²) < 4.78 is 1.79. The zero-order chi connectivity index (χ0) is 17.2. The highest BCUT2D eigenvalue weighted by Gasteiger charge is 2.33. The van der Waals surface area contributed by atoms with E-state index in [2.05, 4.69) is 11.6 Å². The predicted molar refractivity (Wildman–Crippen MR) is 98.2 cm³/mol. The van der Waals surface area contributed by atoms with Crippen molar-refractivity contribution >= 4 is 29.4 Å². The second kappa shape index (κ2) is 6.81. The maximum Gasteiger partial charge on any atom is 0.122 e. The smallest absolute Gasteiger partial charge is 0.122 e. The third-order valence-corrected chi connectivity index (χ3v) is 4.51. The quantitative estimate of drug-likeness (QED) is 0.713. The average molecular weight is 359 g/mol. The van der Waals surface area contributed by atoms with Gasteiger partial charge in [-0.1, -0.05) is 54.0 Å². The van der Waals surface area contributed by atoms with Gasteiger partial charge in [-0.2, -0.15) is 0 Å². The predicted octanol–water partition coefficient (Wildman–Crippen LogP) is 4.77. The van der Waals surface area contributed by atoms with Gasteiger partial charge in [0.1, 0.15) is 11.4 Å². The maximum absolute atomic E-state index is 11.6. The minimum absolute atomic E-state index is 0.287. The highest BCUT2D eigenvalue weighted by Crippen LogP contribution is 2.34. The number of aliphatic hydroxyl groups is 1. The second-order valence-electron chi connectivity index (χ2n) is 5.48. The van der Waals surface area contributed by atoms with Gasteiger partial charge in [0, 0.05) is 35.1 Å². The Bertz CT molecular complexity index is 793. The van der Waals surface area contributed by atoms with Crippen LogP contribution in [0.1, 0.15) is 17.0 Å². The zero-order valence-electron chi connectivity index (χ0n) is 12.9. The summed E-state index contributed by atoms with van der Waals surface area (Å²) in [5, 5.41) is 12.8. The molecule has 24 heavy (non-hydrogen) atoms. The molecule has 0 amide bonds. The highest BCUT2D eigenvalue weighted by molar-refractivity contribution is 6.30. The number of benzene rings is 2. The van der Waals surface area contributed by atoms with Crippen LogP contribution in [0.15, 0.2) is 67.5 Å². The van der Waals surface area contributed by atoms with E-state index in [1.54, 1.807) is 47.4 Å². The topological polar surface area (TPSA) is 38.0 Å². The van der Waals surface area contributed by atoms with Crippen LogP contribution in [-0.4, -0.2) is 14.7 Å². The first kappa shape index (κ1) is 16.8. The number of halogens is 2. The molecule has 0 saturated heterocycles. The van der Waals surface area contributed by atoms with Gasteiger partial charge in [-0.15, -0.1) is 0 Å². The van der Waals surface area contributed by atoms with E-state index in [-0.39, 0.29) is 6.42 Å². The largest absolute Gasteiger partial charge is 0.380 e. The van der Waals surface area contributed by atoms with E-state index in [4.69, 9.17) is 23.2 Å². The summed E-state index contributed by atoms with van der Waals surface area (Å²) in [5.41, 5.74) is 0.196. The first-order valence-corrected chi connectivity index (χ1v) is 8.17. The van der Waals surface area contributed by atoms with Crippen molar-refractivity contribution in [3.8, 4) is 0 Å². The third kappa shape index (κ3) is 3.24. The number of hydrogen-bond donors (Lipinski definition) is 1. The summed E-state index contributed by atoms with van der Waals surface area (Å²) in [5.74, 6) is 0.706. The van der Waals surface area contributed by atoms with E-state index < -0.39 is 5.60 Å². The summed E-state index contributed by atoms with van der Waals surface area (Å²) >= 11 is 12.0. The molecule has 0 saturated carbocycles. The van der Waals surface area contributed by atoms with Crippen molar-refractivity contribution in [1.82, 2.24) is 9.55 Å². The highest BCUT2D eigenvalue weighted by atomic mass is 35.5. The first-order valence-electron chi connectivity index (χ1n) is 7.41. The Labute approximate surface area is 150 Å². The van der Waals surface area contributed by atoms with Crippen molar-refractivity contribution in [3.05, 3.63) is 94.5 Å². The van der Waals surface area contributed by atoms with Gasteiger partial charge in [-0.3, -0.25) is 0 Å². The molecule has 0 unspecified atom stereocenters. The Morgan fingerprint density at radius 3 is 1.96 bits per heavy atom. The van der Waals surface area contributed by atoms with E-state index in [9.17, 15) is 5.11 Å². The van der Waals surface area contributed by atoms with Crippen LogP contribution < -0.4 is 0 Å². The van der Waals surface area contributed by atoms with E-state index in [0.29, 0.717) is 15.9 Å². The molecule has 5 heteroatoms. The number of imidazole rings is 1. The van der Waals surface area contributed by atoms with Crippen molar-refractivity contribution in [2.75, 3.05) is 0 Å². The minimum atomic E-state index is -1.26. The Morgan fingerprint density at radius 1 is 1.00 bits per heavy atom. The molecule has 3 aromatic rings. The monoisotopic (exact) mass is 358 g/mol. The number of aromatic nitrogens is 2. The molecule has 1 aromatic heterocycles. The minimum Gasteiger partial charge on any atom is -0.380 e. The molecule has 3 rings (SSSR count). The van der Waals surface area contributed by atoms with Crippen LogP contribution >= 0.6 is 23.2 Å². The van der Waals surface area contributed by atoms with Crippen molar-refractivity contribution in [3.63, 3.8) is 0 Å². The Morgan fingerprint density at radius 2 is 1.50 bits per heavy atom. The number of hydrogen-bond acceptors (Lipinski definition) is 2. The molecular formula is C19H16Cl2N2O. The van der Waals surface area contributed by atoms with Crippen molar-refractivity contribution in [2.24, 2.45) is 0 Å². The molecule has 0 aliphatic rings. The zero-order valence-corrected chi connectivity index (χ0v) is 14.4. The van der Waals surface area contributed by atoms with Crippen LogP contribution in [0.2, 0.25) is 10.0 Å². The van der Waals surface area contributed by atoms with E-state index >= 15 is 0 Å². The molecule has 0 bridgehead atoms. The average Bonchev–Trinajstić information content (AvgIpc) is 3.02. The Kier molecular flexibility index (Phi) is 4.76. The normalized spacial score (nSPS) is 11.5. The van der Waals surface area contributed by atoms with Gasteiger partial charge in [0.25, 0.3) is 0 Å². The summed E-state index contributed by atoms with van der Waals surface area (Å²) in [4.78, 5) is 4.34. The molecule has 1 heterocycles. The van der Waals surface area contributed by atoms with Gasteiger partial charge in [-0.25, -0.2) is 4.98 Å². The van der Waals surface area contributed by atoms with Gasteiger partial charge < -0.3 is 9.67 Å². The van der Waals surface area contributed by atoms with Gasteiger partial charge in [0.2, 0.25) is 0 Å². The van der Waals surface area contributed by atoms with Crippen molar-refractivity contribution in [2.45, 2.75) is 12.0 Å². The second-order valence-corrected chi connectivity index (χ2v) is 6.36. The molecule has 0 radical (unpaired) electrons. The standard InChI is InChI=1S/C19H16Cl2N2O/c1-2-23-12-11-22-18(23)13-19(24,14-3-7-16(20)8-4-14)15-5-9-17(21)10-6-15/h2-12,24H,1,13H2. The summed E-state index contributed by atoms with van der Waals surface area (Å²) in [6.45, 7) is 3.77. The molecule has 0 fully saturated rings. The Hall–Kier alpha value is -2.07. The molecule has 0 spiro atoms. The van der Waals surface area contributed by atoms with Gasteiger partial charge in [0.15, 0.2) is 0 Å². The van der Waals surface area contributed by atoms with Gasteiger partial charge >= 0.3 is 0 Å². The molecule has 0 aliphatic carbocycles. The lowest BCUT2D eigenvalue weighted by Crippen LogP contribution is -2.31. The molecule has 122 valence electrons. The lowest BCUT2D eigenvalue weighted by atomic mass is 9.83. The van der Waals surface area contributed by atoms with E-state index in [1.165, 1.54) is 0 Å². The molecular weight excluding hydrogens is 343 g/mol. The molecule has 2 aromatic carbocycles. The fourth-order valence-corrected chi connectivity index (χ4v) is 2.95. The summed E-state index contributed by atoms with van der Waals surface area (Å²) in [6.07, 6.45) is 5.43. The van der Waals surface area contributed by atoms with Gasteiger partial charge in [0.05, 0.1) is 0 Å². The SMILES string of the molecule is C=Cn1ccnc1CC(O)(c1ccc(Cl)cc1)c1ccc(Cl)cc1. The lowest BCUT2D eigenvalue weighted by molar-refractivity contribution is 0.0786. The molecule has 0 aliphatic heterocycles. The van der Waals surface area contributed by atoms with Gasteiger partial charge in [-0.05, 0) is 35.4 Å². The van der Waals surface area contributed by atoms with E-state index in [0.717, 1.165) is 11.1 Å². The fraction of sp³-hybridized carbons (Fsp3) is 0.105. The fourth-order valence-electron chi connectivity index (χ4n) is 2.70. The summed E-state index contributed by atoms with van der Waals surface area (Å²) in [6, 6.07) is 14.3. The number of rotatable bonds is 5. The Balaban J connectivity index is 2.11. The summed E-state index contributed by atoms with van der Waals surface area (Å²) in [7, 11) is 0. The third-order valence-electron chi connectivity index (χ3n) is 4.00. The van der Waals surface area contributed by atoms with Crippen LogP contribution in [0.5, 0.6) is 0 Å². The van der Waals surface area contributed by atoms with Crippen LogP contribution in [0.4, 0.5) is 0 Å². The number of nitrogens with zero attached hydrogens (tertiary/aromatic N) is 2. The van der Waals surface area contributed by atoms with Crippen LogP contribution in [0.3, 0.4) is 0 Å². The maximum atomic E-state index is 11.6.